The second-order valence-corrected chi connectivity index (χ2v) is 9.37. The Hall–Kier alpha value is -4.34. The maximum atomic E-state index is 11.9. The molecular weight excluding hydrogens is 492 g/mol. The maximum Gasteiger partial charge on any atom is 0.300 e. The van der Waals surface area contributed by atoms with Crippen LogP contribution in [0.5, 0.6) is 5.75 Å². The lowest BCUT2D eigenvalue weighted by Gasteiger charge is -2.34. The molecule has 0 radical (unpaired) electrons. The lowest BCUT2D eigenvalue weighted by molar-refractivity contribution is -0.393. The van der Waals surface area contributed by atoms with Gasteiger partial charge in [0.15, 0.2) is 11.3 Å². The highest BCUT2D eigenvalue weighted by atomic mass is 32.2. The van der Waals surface area contributed by atoms with Gasteiger partial charge >= 0.3 is 5.69 Å². The zero-order valence-corrected chi connectivity index (χ0v) is 19.0. The quantitative estimate of drug-likeness (QED) is 0.292. The van der Waals surface area contributed by atoms with Crippen molar-refractivity contribution in [3.63, 3.8) is 0 Å². The van der Waals surface area contributed by atoms with Crippen LogP contribution >= 0.6 is 11.8 Å². The highest BCUT2D eigenvalue weighted by Gasteiger charge is 2.54. The molecule has 0 amide bonds. The number of furan rings is 1. The molecule has 0 spiro atoms. The topological polar surface area (TPSA) is 175 Å². The Labute approximate surface area is 206 Å². The Bertz CT molecular complexity index is 1370. The second-order valence-electron chi connectivity index (χ2n) is 8.22. The van der Waals surface area contributed by atoms with Crippen LogP contribution in [-0.2, 0) is 0 Å². The number of anilines is 1. The van der Waals surface area contributed by atoms with Crippen molar-refractivity contribution in [3.8, 4) is 5.75 Å². The molecule has 4 N–H and O–H groups in total. The first kappa shape index (κ1) is 22.1. The summed E-state index contributed by atoms with van der Waals surface area (Å²) in [6.07, 6.45) is 0.741. The third-order valence-corrected chi connectivity index (χ3v) is 7.43. The van der Waals surface area contributed by atoms with Gasteiger partial charge in [-0.1, -0.05) is 23.9 Å². The molecule has 2 aromatic carbocycles. The number of nitro benzene ring substituents is 2. The van der Waals surface area contributed by atoms with Crippen LogP contribution in [0.1, 0.15) is 23.5 Å². The van der Waals surface area contributed by atoms with Crippen LogP contribution in [0.2, 0.25) is 0 Å². The van der Waals surface area contributed by atoms with Gasteiger partial charge in [-0.15, -0.1) is 0 Å². The highest BCUT2D eigenvalue weighted by Crippen LogP contribution is 2.49. The monoisotopic (exact) mass is 510 g/mol. The summed E-state index contributed by atoms with van der Waals surface area (Å²) in [5.41, 5.74) is 9.87. The molecule has 1 aromatic heterocycles. The van der Waals surface area contributed by atoms with Gasteiger partial charge in [-0.2, -0.15) is 5.10 Å². The molecule has 36 heavy (non-hydrogen) atoms. The van der Waals surface area contributed by atoms with Crippen molar-refractivity contribution in [3.05, 3.63) is 92.4 Å². The number of nitro groups is 2. The first-order valence-corrected chi connectivity index (χ1v) is 11.6. The number of hydrogen-bond acceptors (Lipinski definition) is 13. The van der Waals surface area contributed by atoms with Gasteiger partial charge in [-0.25, -0.2) is 10.9 Å². The van der Waals surface area contributed by atoms with E-state index < -0.39 is 27.7 Å². The summed E-state index contributed by atoms with van der Waals surface area (Å²) in [5.74, 6) is 0.712. The lowest BCUT2D eigenvalue weighted by Crippen LogP contribution is -2.58. The molecule has 3 aliphatic rings. The second kappa shape index (κ2) is 8.40. The van der Waals surface area contributed by atoms with Crippen molar-refractivity contribution in [1.82, 2.24) is 21.3 Å². The zero-order valence-electron chi connectivity index (χ0n) is 18.2. The van der Waals surface area contributed by atoms with Gasteiger partial charge < -0.3 is 9.52 Å². The smallest absolute Gasteiger partial charge is 0.300 e. The minimum atomic E-state index is -0.668. The van der Waals surface area contributed by atoms with Gasteiger partial charge in [-0.3, -0.25) is 35.7 Å². The van der Waals surface area contributed by atoms with Crippen molar-refractivity contribution < 1.29 is 19.4 Å². The summed E-state index contributed by atoms with van der Waals surface area (Å²) in [6.45, 7) is 0. The van der Waals surface area contributed by atoms with Crippen LogP contribution in [0, 0.1) is 20.2 Å². The molecule has 184 valence electrons. The van der Waals surface area contributed by atoms with Crippen LogP contribution in [0.3, 0.4) is 0 Å². The van der Waals surface area contributed by atoms with E-state index in [2.05, 4.69) is 21.4 Å². The molecule has 14 nitrogen and oxygen atoms in total. The van der Waals surface area contributed by atoms with E-state index in [1.54, 1.807) is 47.7 Å². The predicted octanol–water partition coefficient (Wildman–Crippen LogP) is 2.69. The molecule has 2 saturated heterocycles. The minimum Gasteiger partial charge on any atom is -0.508 e. The molecule has 4 atom stereocenters. The third kappa shape index (κ3) is 3.57. The predicted molar refractivity (Wildman–Crippen MR) is 128 cm³/mol. The Balaban J connectivity index is 1.41. The average molecular weight is 510 g/mol. The number of hydrazine groups is 2. The van der Waals surface area contributed by atoms with E-state index in [9.17, 15) is 25.3 Å². The van der Waals surface area contributed by atoms with Gasteiger partial charge in [0, 0.05) is 6.07 Å². The number of amidine groups is 1. The van der Waals surface area contributed by atoms with E-state index in [1.165, 1.54) is 23.9 Å². The molecule has 6 rings (SSSR count). The Kier molecular flexibility index (Phi) is 5.17. The van der Waals surface area contributed by atoms with Crippen molar-refractivity contribution in [2.75, 3.05) is 5.01 Å². The van der Waals surface area contributed by atoms with Gasteiger partial charge in [0.25, 0.3) is 5.69 Å². The highest BCUT2D eigenvalue weighted by molar-refractivity contribution is 8.14. The molecular formula is C21H18N8O6S. The molecule has 2 unspecified atom stereocenters. The van der Waals surface area contributed by atoms with Crippen LogP contribution in [0.15, 0.2) is 70.4 Å². The summed E-state index contributed by atoms with van der Waals surface area (Å²) < 4.78 is 5.49. The SMILES string of the molecule is O=[N+]([O-])c1ccc(N2NC3[C@H](SC4=NNC(c5ccco5)NN43)[C@@H]2c2ccc(O)cc2)c([N+](=O)[O-])c1. The number of hydrogen-bond donors (Lipinski definition) is 4. The fourth-order valence-corrected chi connectivity index (χ4v) is 5.89. The van der Waals surface area contributed by atoms with Crippen molar-refractivity contribution in [2.45, 2.75) is 23.6 Å². The number of hydrazone groups is 1. The van der Waals surface area contributed by atoms with E-state index in [0.29, 0.717) is 10.9 Å². The molecule has 3 aliphatic heterocycles. The van der Waals surface area contributed by atoms with Gasteiger partial charge in [0.1, 0.15) is 23.4 Å². The summed E-state index contributed by atoms with van der Waals surface area (Å²) >= 11 is 1.47. The van der Waals surface area contributed by atoms with E-state index in [4.69, 9.17) is 4.42 Å². The molecule has 0 aliphatic carbocycles. The van der Waals surface area contributed by atoms with Crippen LogP contribution in [-0.4, -0.2) is 36.5 Å². The molecule has 0 bridgehead atoms. The third-order valence-electron chi connectivity index (χ3n) is 6.14. The van der Waals surface area contributed by atoms with Gasteiger partial charge in [0.2, 0.25) is 0 Å². The van der Waals surface area contributed by atoms with Crippen LogP contribution < -0.4 is 21.3 Å². The van der Waals surface area contributed by atoms with Crippen molar-refractivity contribution in [2.24, 2.45) is 5.10 Å². The number of non-ortho nitro benzene ring substituents is 1. The number of nitrogens with one attached hydrogen (secondary N) is 3. The Morgan fingerprint density at radius 3 is 2.53 bits per heavy atom. The Morgan fingerprint density at radius 2 is 1.83 bits per heavy atom. The summed E-state index contributed by atoms with van der Waals surface area (Å²) in [5, 5.41) is 41.4. The summed E-state index contributed by atoms with van der Waals surface area (Å²) in [4.78, 5) is 21.9. The van der Waals surface area contributed by atoms with Crippen LogP contribution in [0.25, 0.3) is 0 Å². The number of aromatic hydroxyl groups is 1. The standard InChI is InChI=1S/C21H18N8O6S/c30-13-6-3-11(4-7-13)17-18-20(27-21(36-18)23-22-19(24-27)16-2-1-9-35-16)25-26(17)14-8-5-12(28(31)32)10-15(14)29(33)34/h1-10,17-20,22,24-25,30H/t17-,18+,19?,20?/m0/s1. The number of thioether (sulfide) groups is 1. The zero-order chi connectivity index (χ0) is 25.0. The molecule has 3 aromatic rings. The number of fused-ring (bicyclic) bond motifs is 3. The fourth-order valence-electron chi connectivity index (χ4n) is 4.54. The number of rotatable bonds is 5. The number of nitrogens with zero attached hydrogens (tertiary/aromatic N) is 5. The van der Waals surface area contributed by atoms with Crippen molar-refractivity contribution >= 4 is 34.0 Å². The van der Waals surface area contributed by atoms with Gasteiger partial charge in [-0.05, 0) is 35.9 Å². The normalized spacial score (nSPS) is 24.6. The lowest BCUT2D eigenvalue weighted by atomic mass is 10.0. The van der Waals surface area contributed by atoms with E-state index in [0.717, 1.165) is 11.6 Å². The largest absolute Gasteiger partial charge is 0.508 e. The van der Waals surface area contributed by atoms with Crippen LogP contribution in [0.4, 0.5) is 17.1 Å². The number of phenolic OH excluding ortho intramolecular Hbond substituents is 1. The molecule has 2 fully saturated rings. The van der Waals surface area contributed by atoms with E-state index in [1.807, 2.05) is 5.01 Å². The summed E-state index contributed by atoms with van der Waals surface area (Å²) in [7, 11) is 0. The number of benzene rings is 2. The van der Waals surface area contributed by atoms with E-state index >= 15 is 0 Å². The van der Waals surface area contributed by atoms with E-state index in [-0.39, 0.29) is 28.5 Å². The average Bonchev–Trinajstić information content (AvgIpc) is 3.60. The maximum absolute atomic E-state index is 11.9. The minimum absolute atomic E-state index is 0.0853. The summed E-state index contributed by atoms with van der Waals surface area (Å²) in [6, 6.07) is 13.3. The van der Waals surface area contributed by atoms with Crippen molar-refractivity contribution in [1.29, 1.82) is 0 Å². The fraction of sp³-hybridized carbons (Fsp3) is 0.190. The first-order chi connectivity index (χ1) is 17.4. The molecule has 0 saturated carbocycles. The number of phenols is 1. The Morgan fingerprint density at radius 1 is 1.03 bits per heavy atom. The first-order valence-electron chi connectivity index (χ1n) is 10.8. The van der Waals surface area contributed by atoms with Gasteiger partial charge in [0.05, 0.1) is 33.5 Å². The molecule has 4 heterocycles. The molecule has 15 heteroatoms.